The molecule has 1 fully saturated rings. The van der Waals surface area contributed by atoms with Crippen LogP contribution in [0.1, 0.15) is 11.4 Å². The van der Waals surface area contributed by atoms with Gasteiger partial charge in [0.2, 0.25) is 5.91 Å². The van der Waals surface area contributed by atoms with Crippen molar-refractivity contribution in [1.29, 1.82) is 0 Å². The minimum Gasteiger partial charge on any atom is -0.497 e. The lowest BCUT2D eigenvalue weighted by molar-refractivity contribution is -0.125. The van der Waals surface area contributed by atoms with Crippen molar-refractivity contribution in [3.05, 3.63) is 29.3 Å². The molecule has 1 aromatic heterocycles. The van der Waals surface area contributed by atoms with Gasteiger partial charge in [-0.05, 0) is 30.7 Å². The first-order valence-electron chi connectivity index (χ1n) is 7.08. The number of carbonyl (C=O) groups is 1. The standard InChI is InChI=1S/C15H17N3O3S/c1-20-12-4-2-10(3-5-12)15-18-17-13(22-15)8-16-14(19)11-6-7-21-9-11/h2-5,11H,6-9H2,1H3,(H,16,19). The van der Waals surface area contributed by atoms with Crippen molar-refractivity contribution < 1.29 is 14.3 Å². The minimum absolute atomic E-state index is 0.0266. The van der Waals surface area contributed by atoms with Gasteiger partial charge in [-0.25, -0.2) is 0 Å². The molecule has 0 bridgehead atoms. The smallest absolute Gasteiger partial charge is 0.225 e. The van der Waals surface area contributed by atoms with Gasteiger partial charge in [-0.1, -0.05) is 11.3 Å². The van der Waals surface area contributed by atoms with Crippen LogP contribution in [0.3, 0.4) is 0 Å². The third-order valence-electron chi connectivity index (χ3n) is 3.52. The summed E-state index contributed by atoms with van der Waals surface area (Å²) >= 11 is 1.47. The second-order valence-electron chi connectivity index (χ2n) is 5.01. The van der Waals surface area contributed by atoms with Crippen LogP contribution in [0.15, 0.2) is 24.3 Å². The molecule has 3 rings (SSSR count). The summed E-state index contributed by atoms with van der Waals surface area (Å²) < 4.78 is 10.3. The van der Waals surface area contributed by atoms with Crippen LogP contribution in [0.4, 0.5) is 0 Å². The number of nitrogens with one attached hydrogen (secondary N) is 1. The zero-order valence-corrected chi connectivity index (χ0v) is 13.1. The molecule has 1 amide bonds. The summed E-state index contributed by atoms with van der Waals surface area (Å²) in [5.41, 5.74) is 0.986. The van der Waals surface area contributed by atoms with Gasteiger partial charge in [0.25, 0.3) is 0 Å². The predicted octanol–water partition coefficient (Wildman–Crippen LogP) is 1.87. The van der Waals surface area contributed by atoms with Gasteiger partial charge in [0.05, 0.1) is 26.2 Å². The van der Waals surface area contributed by atoms with Crippen molar-refractivity contribution in [3.63, 3.8) is 0 Å². The number of carbonyl (C=O) groups excluding carboxylic acids is 1. The molecule has 7 heteroatoms. The van der Waals surface area contributed by atoms with E-state index < -0.39 is 0 Å². The number of hydrogen-bond donors (Lipinski definition) is 1. The molecular weight excluding hydrogens is 302 g/mol. The SMILES string of the molecule is COc1ccc(-c2nnc(CNC(=O)C3CCOC3)s2)cc1. The Hall–Kier alpha value is -1.99. The van der Waals surface area contributed by atoms with Crippen LogP contribution < -0.4 is 10.1 Å². The van der Waals surface area contributed by atoms with E-state index in [1.165, 1.54) is 11.3 Å². The zero-order chi connectivity index (χ0) is 15.4. The summed E-state index contributed by atoms with van der Waals surface area (Å²) in [4.78, 5) is 11.9. The summed E-state index contributed by atoms with van der Waals surface area (Å²) in [6.45, 7) is 1.58. The molecule has 2 heterocycles. The molecular formula is C15H17N3O3S. The number of aromatic nitrogens is 2. The lowest BCUT2D eigenvalue weighted by Crippen LogP contribution is -2.30. The van der Waals surface area contributed by atoms with Crippen molar-refractivity contribution in [3.8, 4) is 16.3 Å². The maximum absolute atomic E-state index is 11.9. The molecule has 1 unspecified atom stereocenters. The lowest BCUT2D eigenvalue weighted by Gasteiger charge is -2.06. The third-order valence-corrected chi connectivity index (χ3v) is 4.49. The Morgan fingerprint density at radius 3 is 2.91 bits per heavy atom. The summed E-state index contributed by atoms with van der Waals surface area (Å²) in [6, 6.07) is 7.66. The number of ether oxygens (including phenoxy) is 2. The fourth-order valence-electron chi connectivity index (χ4n) is 2.22. The second-order valence-corrected chi connectivity index (χ2v) is 6.07. The highest BCUT2D eigenvalue weighted by atomic mass is 32.1. The molecule has 1 N–H and O–H groups in total. The Morgan fingerprint density at radius 1 is 1.41 bits per heavy atom. The van der Waals surface area contributed by atoms with Crippen LogP contribution in [0.2, 0.25) is 0 Å². The Kier molecular flexibility index (Phi) is 4.65. The summed E-state index contributed by atoms with van der Waals surface area (Å²) in [5, 5.41) is 12.8. The summed E-state index contributed by atoms with van der Waals surface area (Å²) in [7, 11) is 1.64. The fourth-order valence-corrected chi connectivity index (χ4v) is 3.01. The molecule has 0 radical (unpaired) electrons. The fraction of sp³-hybridized carbons (Fsp3) is 0.400. The van der Waals surface area contributed by atoms with Gasteiger partial charge in [0.1, 0.15) is 15.8 Å². The van der Waals surface area contributed by atoms with Gasteiger partial charge in [0, 0.05) is 12.2 Å². The number of nitrogens with zero attached hydrogens (tertiary/aromatic N) is 2. The van der Waals surface area contributed by atoms with E-state index in [1.807, 2.05) is 24.3 Å². The molecule has 0 saturated carbocycles. The molecule has 1 atom stereocenters. The van der Waals surface area contributed by atoms with Gasteiger partial charge < -0.3 is 14.8 Å². The van der Waals surface area contributed by atoms with E-state index in [0.717, 1.165) is 27.7 Å². The first-order valence-corrected chi connectivity index (χ1v) is 7.90. The average molecular weight is 319 g/mol. The summed E-state index contributed by atoms with van der Waals surface area (Å²) in [6.07, 6.45) is 0.791. The summed E-state index contributed by atoms with van der Waals surface area (Å²) in [5.74, 6) is 0.798. The highest BCUT2D eigenvalue weighted by Crippen LogP contribution is 2.25. The Bertz CT molecular complexity index is 636. The van der Waals surface area contributed by atoms with E-state index in [-0.39, 0.29) is 11.8 Å². The van der Waals surface area contributed by atoms with Crippen LogP contribution >= 0.6 is 11.3 Å². The lowest BCUT2D eigenvalue weighted by atomic mass is 10.1. The van der Waals surface area contributed by atoms with Crippen LogP contribution in [-0.4, -0.2) is 36.4 Å². The highest BCUT2D eigenvalue weighted by Gasteiger charge is 2.23. The number of rotatable bonds is 5. The molecule has 22 heavy (non-hydrogen) atoms. The quantitative estimate of drug-likeness (QED) is 0.911. The Balaban J connectivity index is 1.59. The van der Waals surface area contributed by atoms with Crippen molar-refractivity contribution in [1.82, 2.24) is 15.5 Å². The molecule has 1 aliphatic rings. The van der Waals surface area contributed by atoms with Crippen molar-refractivity contribution in [2.24, 2.45) is 5.92 Å². The van der Waals surface area contributed by atoms with Crippen molar-refractivity contribution >= 4 is 17.2 Å². The van der Waals surface area contributed by atoms with E-state index in [0.29, 0.717) is 19.8 Å². The average Bonchev–Trinajstić information content (AvgIpc) is 3.24. The van der Waals surface area contributed by atoms with Crippen molar-refractivity contribution in [2.75, 3.05) is 20.3 Å². The number of amides is 1. The number of methoxy groups -OCH3 is 1. The number of hydrogen-bond acceptors (Lipinski definition) is 6. The van der Waals surface area contributed by atoms with E-state index in [4.69, 9.17) is 9.47 Å². The highest BCUT2D eigenvalue weighted by molar-refractivity contribution is 7.14. The van der Waals surface area contributed by atoms with Crippen LogP contribution in [0, 0.1) is 5.92 Å². The van der Waals surface area contributed by atoms with Gasteiger partial charge in [-0.2, -0.15) is 0 Å². The first kappa shape index (κ1) is 14.9. The van der Waals surface area contributed by atoms with Gasteiger partial charge in [-0.15, -0.1) is 10.2 Å². The molecule has 116 valence electrons. The van der Waals surface area contributed by atoms with Gasteiger partial charge >= 0.3 is 0 Å². The maximum atomic E-state index is 11.9. The molecule has 1 saturated heterocycles. The zero-order valence-electron chi connectivity index (χ0n) is 12.2. The molecule has 2 aromatic rings. The molecule has 1 aliphatic heterocycles. The first-order chi connectivity index (χ1) is 10.8. The monoisotopic (exact) mass is 319 g/mol. The largest absolute Gasteiger partial charge is 0.497 e. The second kappa shape index (κ2) is 6.85. The normalized spacial score (nSPS) is 17.4. The van der Waals surface area contributed by atoms with Crippen LogP contribution in [0.5, 0.6) is 5.75 Å². The van der Waals surface area contributed by atoms with E-state index in [2.05, 4.69) is 15.5 Å². The molecule has 1 aromatic carbocycles. The van der Waals surface area contributed by atoms with Crippen LogP contribution in [-0.2, 0) is 16.1 Å². The maximum Gasteiger partial charge on any atom is 0.225 e. The van der Waals surface area contributed by atoms with Gasteiger partial charge in [0.15, 0.2) is 0 Å². The minimum atomic E-state index is -0.0334. The topological polar surface area (TPSA) is 73.3 Å². The van der Waals surface area contributed by atoms with E-state index in [1.54, 1.807) is 7.11 Å². The molecule has 0 spiro atoms. The molecule has 0 aliphatic carbocycles. The van der Waals surface area contributed by atoms with Gasteiger partial charge in [-0.3, -0.25) is 4.79 Å². The van der Waals surface area contributed by atoms with Crippen LogP contribution in [0.25, 0.3) is 10.6 Å². The van der Waals surface area contributed by atoms with E-state index in [9.17, 15) is 4.79 Å². The molecule has 6 nitrogen and oxygen atoms in total. The third kappa shape index (κ3) is 3.42. The Labute approximate surface area is 132 Å². The predicted molar refractivity (Wildman–Crippen MR) is 82.7 cm³/mol. The number of benzene rings is 1. The Morgan fingerprint density at radius 2 is 2.23 bits per heavy atom. The van der Waals surface area contributed by atoms with E-state index >= 15 is 0 Å². The van der Waals surface area contributed by atoms with Crippen molar-refractivity contribution in [2.45, 2.75) is 13.0 Å².